The molecule has 2 aromatic heterocycles. The first kappa shape index (κ1) is 22.2. The Morgan fingerprint density at radius 1 is 1.18 bits per heavy atom. The van der Waals surface area contributed by atoms with Crippen LogP contribution >= 0.6 is 11.3 Å². The van der Waals surface area contributed by atoms with E-state index in [2.05, 4.69) is 44.0 Å². The van der Waals surface area contributed by atoms with E-state index in [1.165, 1.54) is 12.1 Å². The fourth-order valence-corrected chi connectivity index (χ4v) is 6.88. The Labute approximate surface area is 200 Å². The average Bonchev–Trinajstić information content (AvgIpc) is 3.19. The van der Waals surface area contributed by atoms with E-state index >= 15 is 0 Å². The van der Waals surface area contributed by atoms with E-state index in [9.17, 15) is 4.79 Å². The van der Waals surface area contributed by atoms with Gasteiger partial charge in [-0.3, -0.25) is 9.78 Å². The van der Waals surface area contributed by atoms with Crippen molar-refractivity contribution in [1.82, 2.24) is 10.3 Å². The number of hydrogen-bond donors (Lipinski definition) is 1. The van der Waals surface area contributed by atoms with Crippen molar-refractivity contribution in [2.45, 2.75) is 52.5 Å². The second-order valence-electron chi connectivity index (χ2n) is 10.1. The Kier molecular flexibility index (Phi) is 6.04. The number of para-hydroxylation sites is 1. The number of thiophene rings is 1. The van der Waals surface area contributed by atoms with Gasteiger partial charge < -0.3 is 15.0 Å². The monoisotopic (exact) mass is 463 g/mol. The Balaban J connectivity index is 1.52. The van der Waals surface area contributed by atoms with Gasteiger partial charge in [0.25, 0.3) is 5.91 Å². The van der Waals surface area contributed by atoms with Gasteiger partial charge in [0.05, 0.1) is 33.4 Å². The van der Waals surface area contributed by atoms with Gasteiger partial charge in [-0.2, -0.15) is 0 Å². The van der Waals surface area contributed by atoms with E-state index in [1.807, 2.05) is 30.5 Å². The van der Waals surface area contributed by atoms with E-state index in [0.717, 1.165) is 51.5 Å². The van der Waals surface area contributed by atoms with Gasteiger partial charge in [-0.15, -0.1) is 11.3 Å². The van der Waals surface area contributed by atoms with Crippen molar-refractivity contribution >= 4 is 33.1 Å². The van der Waals surface area contributed by atoms with Crippen LogP contribution in [0.1, 0.15) is 73.3 Å². The van der Waals surface area contributed by atoms with Crippen LogP contribution in [0.25, 0.3) is 10.2 Å². The van der Waals surface area contributed by atoms with E-state index in [1.54, 1.807) is 11.3 Å². The van der Waals surface area contributed by atoms with Gasteiger partial charge in [0.1, 0.15) is 5.75 Å². The Morgan fingerprint density at radius 3 is 2.70 bits per heavy atom. The maximum absolute atomic E-state index is 13.6. The number of hydrogen-bond acceptors (Lipinski definition) is 5. The zero-order valence-corrected chi connectivity index (χ0v) is 20.7. The van der Waals surface area contributed by atoms with Crippen molar-refractivity contribution in [2.24, 2.45) is 11.8 Å². The molecule has 5 nitrogen and oxygen atoms in total. The smallest absolute Gasteiger partial charge is 0.262 e. The summed E-state index contributed by atoms with van der Waals surface area (Å²) < 4.78 is 6.93. The lowest BCUT2D eigenvalue weighted by Gasteiger charge is -2.36. The lowest BCUT2D eigenvalue weighted by atomic mass is 9.91. The van der Waals surface area contributed by atoms with Crippen LogP contribution in [0.4, 0.5) is 5.69 Å². The van der Waals surface area contributed by atoms with Crippen molar-refractivity contribution in [1.29, 1.82) is 0 Å². The van der Waals surface area contributed by atoms with E-state index in [0.29, 0.717) is 18.4 Å². The van der Waals surface area contributed by atoms with Gasteiger partial charge in [0, 0.05) is 36.8 Å². The van der Waals surface area contributed by atoms with Crippen LogP contribution in [0, 0.1) is 11.8 Å². The number of rotatable bonds is 4. The molecule has 1 amide bonds. The number of fused-ring (bicyclic) bond motifs is 2. The third-order valence-electron chi connectivity index (χ3n) is 6.84. The van der Waals surface area contributed by atoms with Gasteiger partial charge in [-0.25, -0.2) is 0 Å². The van der Waals surface area contributed by atoms with Crippen LogP contribution < -0.4 is 15.0 Å². The minimum Gasteiger partial charge on any atom is -0.493 e. The van der Waals surface area contributed by atoms with Crippen LogP contribution in [0.3, 0.4) is 0 Å². The van der Waals surface area contributed by atoms with Crippen LogP contribution in [0.15, 0.2) is 36.5 Å². The molecule has 2 aliphatic heterocycles. The van der Waals surface area contributed by atoms with Crippen molar-refractivity contribution in [3.63, 3.8) is 0 Å². The van der Waals surface area contributed by atoms with Gasteiger partial charge >= 0.3 is 0 Å². The summed E-state index contributed by atoms with van der Waals surface area (Å²) in [4.78, 5) is 21.7. The summed E-state index contributed by atoms with van der Waals surface area (Å²) in [7, 11) is 0. The molecule has 0 radical (unpaired) electrons. The van der Waals surface area contributed by atoms with E-state index < -0.39 is 0 Å². The molecule has 2 aliphatic rings. The molecular weight excluding hydrogens is 430 g/mol. The number of carbonyl (C=O) groups is 1. The Hall–Kier alpha value is -2.60. The number of ether oxygens (including phenoxy) is 1. The summed E-state index contributed by atoms with van der Waals surface area (Å²) in [5.41, 5.74) is 4.32. The van der Waals surface area contributed by atoms with Crippen LogP contribution in [0.2, 0.25) is 0 Å². The molecule has 1 aromatic carbocycles. The van der Waals surface area contributed by atoms with Gasteiger partial charge in [-0.1, -0.05) is 45.9 Å². The maximum Gasteiger partial charge on any atom is 0.262 e. The topological polar surface area (TPSA) is 54.5 Å². The molecule has 0 saturated carbocycles. The van der Waals surface area contributed by atoms with Gasteiger partial charge in [0.15, 0.2) is 0 Å². The zero-order valence-electron chi connectivity index (χ0n) is 19.9. The van der Waals surface area contributed by atoms with Crippen molar-refractivity contribution in [3.05, 3.63) is 52.5 Å². The summed E-state index contributed by atoms with van der Waals surface area (Å²) in [5.74, 6) is 2.40. The predicted octanol–water partition coefficient (Wildman–Crippen LogP) is 6.16. The lowest BCUT2D eigenvalue weighted by Crippen LogP contribution is -2.38. The molecule has 4 heterocycles. The number of carbonyl (C=O) groups excluding carboxylic acids is 1. The molecule has 0 spiro atoms. The minimum absolute atomic E-state index is 0.00488. The average molecular weight is 464 g/mol. The third-order valence-corrected chi connectivity index (χ3v) is 8.06. The molecule has 5 rings (SSSR count). The summed E-state index contributed by atoms with van der Waals surface area (Å²) in [6, 6.07) is 10.1. The number of nitrogens with zero attached hydrogens (tertiary/aromatic N) is 2. The quantitative estimate of drug-likeness (QED) is 0.504. The summed E-state index contributed by atoms with van der Waals surface area (Å²) >= 11 is 1.61. The molecule has 33 heavy (non-hydrogen) atoms. The molecule has 174 valence electrons. The lowest BCUT2D eigenvalue weighted by molar-refractivity contribution is 0.0928. The molecule has 1 fully saturated rings. The number of anilines is 1. The first-order valence-corrected chi connectivity index (χ1v) is 12.9. The van der Waals surface area contributed by atoms with Crippen molar-refractivity contribution in [3.8, 4) is 5.75 Å². The number of nitrogens with one attached hydrogen (secondary N) is 1. The number of pyridine rings is 1. The molecule has 0 unspecified atom stereocenters. The SMILES string of the molecule is CC(C)c1c(C(=O)N[C@H]2CCOc3ccccc32)sc2c(N3C[C@H](C)C[C@H](C)C3)ccnc12. The molecule has 1 N–H and O–H groups in total. The third kappa shape index (κ3) is 4.21. The second kappa shape index (κ2) is 8.98. The molecule has 6 heteroatoms. The molecule has 0 bridgehead atoms. The number of amides is 1. The maximum atomic E-state index is 13.6. The standard InChI is InChI=1S/C27H33N3O2S/c1-16(2)23-24-25(21(9-11-28-24)30-14-17(3)13-18(4)15-30)33-26(23)27(31)29-20-10-12-32-22-8-6-5-7-19(20)22/h5-9,11,16-18,20H,10,12-15H2,1-4H3,(H,29,31)/t17-,18+,20-/m0/s1. The highest BCUT2D eigenvalue weighted by molar-refractivity contribution is 7.21. The minimum atomic E-state index is -0.0381. The second-order valence-corrected chi connectivity index (χ2v) is 11.1. The van der Waals surface area contributed by atoms with E-state index in [4.69, 9.17) is 9.72 Å². The Morgan fingerprint density at radius 2 is 1.94 bits per heavy atom. The molecule has 3 aromatic rings. The van der Waals surface area contributed by atoms with Crippen LogP contribution in [-0.4, -0.2) is 30.6 Å². The molecule has 3 atom stereocenters. The highest BCUT2D eigenvalue weighted by Gasteiger charge is 2.29. The fourth-order valence-electron chi connectivity index (χ4n) is 5.52. The van der Waals surface area contributed by atoms with Crippen molar-refractivity contribution in [2.75, 3.05) is 24.6 Å². The fraction of sp³-hybridized carbons (Fsp3) is 0.481. The molecule has 0 aliphatic carbocycles. The Bertz CT molecular complexity index is 1160. The van der Waals surface area contributed by atoms with Crippen LogP contribution in [-0.2, 0) is 0 Å². The number of piperidine rings is 1. The first-order chi connectivity index (χ1) is 15.9. The highest BCUT2D eigenvalue weighted by Crippen LogP contribution is 2.42. The number of aromatic nitrogens is 1. The molecule has 1 saturated heterocycles. The summed E-state index contributed by atoms with van der Waals surface area (Å²) in [5, 5.41) is 3.31. The predicted molar refractivity (Wildman–Crippen MR) is 136 cm³/mol. The summed E-state index contributed by atoms with van der Waals surface area (Å²) in [6.45, 7) is 11.7. The van der Waals surface area contributed by atoms with Crippen LogP contribution in [0.5, 0.6) is 5.75 Å². The van der Waals surface area contributed by atoms with E-state index in [-0.39, 0.29) is 17.9 Å². The highest BCUT2D eigenvalue weighted by atomic mass is 32.1. The largest absolute Gasteiger partial charge is 0.493 e. The normalized spacial score (nSPS) is 22.8. The van der Waals surface area contributed by atoms with Crippen molar-refractivity contribution < 1.29 is 9.53 Å². The summed E-state index contributed by atoms with van der Waals surface area (Å²) in [6.07, 6.45) is 3.96. The zero-order chi connectivity index (χ0) is 23.1. The van der Waals surface area contributed by atoms with Gasteiger partial charge in [-0.05, 0) is 36.3 Å². The molecular formula is C27H33N3O2S. The van der Waals surface area contributed by atoms with Gasteiger partial charge in [0.2, 0.25) is 0 Å². The first-order valence-electron chi connectivity index (χ1n) is 12.1. The number of benzene rings is 1.